The molecule has 1 aromatic rings. The fourth-order valence-corrected chi connectivity index (χ4v) is 1.96. The highest BCUT2D eigenvalue weighted by Gasteiger charge is 2.43. The molecule has 0 aromatic carbocycles. The fourth-order valence-electron chi connectivity index (χ4n) is 0.971. The van der Waals surface area contributed by atoms with E-state index < -0.39 is 23.7 Å². The second kappa shape index (κ2) is 5.30. The van der Waals surface area contributed by atoms with Gasteiger partial charge >= 0.3 is 6.18 Å². The first kappa shape index (κ1) is 13.7. The number of hydrogen-bond donors (Lipinski definition) is 2. The number of thioether (sulfide) groups is 1. The van der Waals surface area contributed by atoms with Crippen LogP contribution in [0.4, 0.5) is 13.2 Å². The molecule has 1 heterocycles. The highest BCUT2D eigenvalue weighted by Crippen LogP contribution is 2.31. The molecule has 17 heavy (non-hydrogen) atoms. The van der Waals surface area contributed by atoms with Gasteiger partial charge in [0.2, 0.25) is 0 Å². The predicted octanol–water partition coefficient (Wildman–Crippen LogP) is 2.00. The molecule has 0 aliphatic carbocycles. The minimum atomic E-state index is -4.58. The molecule has 1 rings (SSSR count). The van der Waals surface area contributed by atoms with E-state index in [1.165, 1.54) is 6.26 Å². The van der Waals surface area contributed by atoms with Gasteiger partial charge in [0.05, 0.1) is 5.69 Å². The number of nitrogens with zero attached hydrogens (tertiary/aromatic N) is 2. The number of aryl methyl sites for hydroxylation is 1. The topological polar surface area (TPSA) is 84.6 Å². The van der Waals surface area contributed by atoms with Crippen molar-refractivity contribution in [3.8, 4) is 0 Å². The normalized spacial score (nSPS) is 14.9. The summed E-state index contributed by atoms with van der Waals surface area (Å²) in [5.74, 6) is -3.38. The Bertz CT molecular complexity index is 405. The summed E-state index contributed by atoms with van der Waals surface area (Å²) in [7, 11) is 0. The van der Waals surface area contributed by atoms with Crippen molar-refractivity contribution in [2.24, 2.45) is 16.8 Å². The van der Waals surface area contributed by atoms with E-state index in [4.69, 9.17) is 15.4 Å². The van der Waals surface area contributed by atoms with Gasteiger partial charge in [-0.25, -0.2) is 4.98 Å². The molecule has 1 atom stereocenters. The molecule has 1 aromatic heterocycles. The van der Waals surface area contributed by atoms with Gasteiger partial charge in [0, 0.05) is 5.75 Å². The van der Waals surface area contributed by atoms with Crippen LogP contribution in [0.15, 0.2) is 21.1 Å². The minimum absolute atomic E-state index is 0.113. The first-order chi connectivity index (χ1) is 7.84. The number of oxime groups is 1. The van der Waals surface area contributed by atoms with Gasteiger partial charge in [-0.15, -0.1) is 0 Å². The molecule has 0 saturated heterocycles. The molecule has 0 amide bonds. The van der Waals surface area contributed by atoms with Crippen molar-refractivity contribution in [1.29, 1.82) is 0 Å². The molecule has 1 unspecified atom stereocenters. The van der Waals surface area contributed by atoms with Gasteiger partial charge in [0.15, 0.2) is 5.84 Å². The lowest BCUT2D eigenvalue weighted by Crippen LogP contribution is -2.37. The predicted molar refractivity (Wildman–Crippen MR) is 54.9 cm³/mol. The van der Waals surface area contributed by atoms with E-state index in [1.54, 1.807) is 6.92 Å². The zero-order valence-corrected chi connectivity index (χ0v) is 9.55. The summed E-state index contributed by atoms with van der Waals surface area (Å²) in [6, 6.07) is 0. The van der Waals surface area contributed by atoms with Crippen LogP contribution >= 0.6 is 11.8 Å². The maximum atomic E-state index is 12.5. The van der Waals surface area contributed by atoms with Gasteiger partial charge in [-0.3, -0.25) is 0 Å². The van der Waals surface area contributed by atoms with Crippen LogP contribution < -0.4 is 5.73 Å². The molecule has 5 nitrogen and oxygen atoms in total. The molecule has 0 spiro atoms. The Balaban J connectivity index is 2.68. The highest BCUT2D eigenvalue weighted by atomic mass is 32.2. The van der Waals surface area contributed by atoms with E-state index in [2.05, 4.69) is 10.1 Å². The van der Waals surface area contributed by atoms with Crippen LogP contribution in [0.3, 0.4) is 0 Å². The van der Waals surface area contributed by atoms with Crippen molar-refractivity contribution >= 4 is 17.6 Å². The zero-order valence-electron chi connectivity index (χ0n) is 8.73. The second-order valence-corrected chi connectivity index (χ2v) is 4.16. The Morgan fingerprint density at radius 3 is 2.76 bits per heavy atom. The van der Waals surface area contributed by atoms with Gasteiger partial charge < -0.3 is 15.4 Å². The van der Waals surface area contributed by atoms with Crippen LogP contribution in [0.2, 0.25) is 0 Å². The third-order valence-corrected chi connectivity index (χ3v) is 2.77. The van der Waals surface area contributed by atoms with Gasteiger partial charge in [-0.05, 0) is 6.92 Å². The molecule has 0 radical (unpaired) electrons. The maximum Gasteiger partial charge on any atom is 0.399 e. The standard InChI is InChI=1S/C8H10F3N3O2S/c1-4-2-16-7(13-4)17-3-5(6(12)14-15)8(9,10)11/h2,5,15H,3H2,1H3,(H2,12,14). The smallest absolute Gasteiger partial charge is 0.399 e. The van der Waals surface area contributed by atoms with Gasteiger partial charge in [0.1, 0.15) is 12.2 Å². The van der Waals surface area contributed by atoms with Crippen LogP contribution in [0.25, 0.3) is 0 Å². The fraction of sp³-hybridized carbons (Fsp3) is 0.500. The Hall–Kier alpha value is -1.38. The van der Waals surface area contributed by atoms with Gasteiger partial charge in [-0.2, -0.15) is 13.2 Å². The monoisotopic (exact) mass is 269 g/mol. The Morgan fingerprint density at radius 2 is 2.35 bits per heavy atom. The largest absolute Gasteiger partial charge is 0.440 e. The van der Waals surface area contributed by atoms with E-state index >= 15 is 0 Å². The van der Waals surface area contributed by atoms with Crippen molar-refractivity contribution in [3.05, 3.63) is 12.0 Å². The van der Waals surface area contributed by atoms with Gasteiger partial charge in [0.25, 0.3) is 5.22 Å². The Labute approximate surface area is 98.9 Å². The first-order valence-electron chi connectivity index (χ1n) is 4.43. The number of alkyl halides is 3. The summed E-state index contributed by atoms with van der Waals surface area (Å²) in [5.41, 5.74) is 5.56. The summed E-state index contributed by atoms with van der Waals surface area (Å²) in [4.78, 5) is 3.84. The SMILES string of the molecule is Cc1coc(SCC(C(N)=NO)C(F)(F)F)n1. The second-order valence-electron chi connectivity index (χ2n) is 3.18. The van der Waals surface area contributed by atoms with Crippen molar-refractivity contribution in [2.45, 2.75) is 18.3 Å². The zero-order chi connectivity index (χ0) is 13.1. The van der Waals surface area contributed by atoms with Crippen LogP contribution in [0, 0.1) is 12.8 Å². The molecule has 0 aliphatic rings. The Kier molecular flexibility index (Phi) is 4.27. The summed E-state index contributed by atoms with van der Waals surface area (Å²) >= 11 is 0.750. The number of hydrogen-bond acceptors (Lipinski definition) is 5. The number of amidine groups is 1. The molecule has 0 saturated carbocycles. The highest BCUT2D eigenvalue weighted by molar-refractivity contribution is 7.99. The van der Waals surface area contributed by atoms with Crippen LogP contribution in [0.5, 0.6) is 0 Å². The number of rotatable bonds is 4. The molecule has 96 valence electrons. The summed E-state index contributed by atoms with van der Waals surface area (Å²) in [6.45, 7) is 1.65. The molecule has 9 heteroatoms. The molecular weight excluding hydrogens is 259 g/mol. The average molecular weight is 269 g/mol. The molecule has 3 N–H and O–H groups in total. The quantitative estimate of drug-likeness (QED) is 0.287. The molecule has 0 fully saturated rings. The van der Waals surface area contributed by atoms with Crippen LogP contribution in [0.1, 0.15) is 5.69 Å². The maximum absolute atomic E-state index is 12.5. The average Bonchev–Trinajstić information content (AvgIpc) is 2.62. The van der Waals surface area contributed by atoms with E-state index in [-0.39, 0.29) is 5.22 Å². The number of aromatic nitrogens is 1. The Morgan fingerprint density at radius 1 is 1.71 bits per heavy atom. The van der Waals surface area contributed by atoms with E-state index in [0.29, 0.717) is 5.69 Å². The third kappa shape index (κ3) is 3.84. The van der Waals surface area contributed by atoms with Crippen LogP contribution in [-0.4, -0.2) is 28.0 Å². The lowest BCUT2D eigenvalue weighted by atomic mass is 10.1. The summed E-state index contributed by atoms with van der Waals surface area (Å²) in [6.07, 6.45) is -3.25. The molecular formula is C8H10F3N3O2S. The van der Waals surface area contributed by atoms with Crippen molar-refractivity contribution < 1.29 is 22.8 Å². The minimum Gasteiger partial charge on any atom is -0.440 e. The molecule has 0 bridgehead atoms. The van der Waals surface area contributed by atoms with Crippen LogP contribution in [-0.2, 0) is 0 Å². The first-order valence-corrected chi connectivity index (χ1v) is 5.42. The van der Waals surface area contributed by atoms with Crippen molar-refractivity contribution in [1.82, 2.24) is 4.98 Å². The number of halogens is 3. The number of nitrogens with two attached hydrogens (primary N) is 1. The lowest BCUT2D eigenvalue weighted by molar-refractivity contribution is -0.150. The third-order valence-electron chi connectivity index (χ3n) is 1.84. The van der Waals surface area contributed by atoms with Crippen molar-refractivity contribution in [2.75, 3.05) is 5.75 Å². The summed E-state index contributed by atoms with van der Waals surface area (Å²) < 4.78 is 42.5. The molecule has 0 aliphatic heterocycles. The number of oxazole rings is 1. The van der Waals surface area contributed by atoms with Gasteiger partial charge in [-0.1, -0.05) is 16.9 Å². The lowest BCUT2D eigenvalue weighted by Gasteiger charge is -2.17. The van der Waals surface area contributed by atoms with E-state index in [0.717, 1.165) is 11.8 Å². The van der Waals surface area contributed by atoms with E-state index in [9.17, 15) is 13.2 Å². The van der Waals surface area contributed by atoms with Crippen molar-refractivity contribution in [3.63, 3.8) is 0 Å². The summed E-state index contributed by atoms with van der Waals surface area (Å²) in [5, 5.41) is 10.8. The van der Waals surface area contributed by atoms with E-state index in [1.807, 2.05) is 0 Å².